The molecule has 1 aromatic carbocycles. The normalized spacial score (nSPS) is 22.5. The molecule has 0 aliphatic carbocycles. The van der Waals surface area contributed by atoms with Gasteiger partial charge in [0.1, 0.15) is 16.8 Å². The molecule has 4 heterocycles. The number of amides is 1. The van der Waals surface area contributed by atoms with Gasteiger partial charge in [-0.05, 0) is 23.8 Å². The Hall–Kier alpha value is -3.05. The average Bonchev–Trinajstić information content (AvgIpc) is 3.38. The number of carboxylic acids is 1. The van der Waals surface area contributed by atoms with E-state index in [0.717, 1.165) is 5.56 Å². The van der Waals surface area contributed by atoms with E-state index in [1.807, 2.05) is 12.1 Å². The van der Waals surface area contributed by atoms with Crippen molar-refractivity contribution >= 4 is 39.6 Å². The lowest BCUT2D eigenvalue weighted by Crippen LogP contribution is -2.51. The second-order valence-corrected chi connectivity index (χ2v) is 10.5. The van der Waals surface area contributed by atoms with Gasteiger partial charge < -0.3 is 14.4 Å². The maximum absolute atomic E-state index is 12.7. The number of ether oxygens (including phenoxy) is 1. The zero-order valence-electron chi connectivity index (χ0n) is 16.3. The Morgan fingerprint density at radius 1 is 1.35 bits per heavy atom. The van der Waals surface area contributed by atoms with Crippen LogP contribution in [0.2, 0.25) is 0 Å². The van der Waals surface area contributed by atoms with Gasteiger partial charge in [0.25, 0.3) is 5.91 Å². The van der Waals surface area contributed by atoms with Gasteiger partial charge in [-0.1, -0.05) is 23.9 Å². The highest BCUT2D eigenvalue weighted by molar-refractivity contribution is 8.04. The Balaban J connectivity index is 1.42. The van der Waals surface area contributed by atoms with E-state index in [-0.39, 0.29) is 16.6 Å². The van der Waals surface area contributed by atoms with E-state index in [4.69, 9.17) is 4.74 Å². The zero-order chi connectivity index (χ0) is 21.9. The number of β-lactam (4-membered cyclic amide) rings is 1. The first-order valence-electron chi connectivity index (χ1n) is 9.39. The number of benzene rings is 1. The molecule has 0 unspecified atom stereocenters. The Labute approximate surface area is 181 Å². The van der Waals surface area contributed by atoms with Crippen molar-refractivity contribution in [3.8, 4) is 5.75 Å². The summed E-state index contributed by atoms with van der Waals surface area (Å²) in [6.07, 6.45) is 3.53. The molecular weight excluding hydrogens is 442 g/mol. The second-order valence-electron chi connectivity index (χ2n) is 7.31. The molecule has 1 saturated heterocycles. The van der Waals surface area contributed by atoms with E-state index >= 15 is 0 Å². The molecule has 0 bridgehead atoms. The largest absolute Gasteiger partial charge is 0.497 e. The summed E-state index contributed by atoms with van der Waals surface area (Å²) in [6.45, 7) is 0.336. The molecule has 1 atom stereocenters. The number of imidazole rings is 1. The molecule has 1 fully saturated rings. The number of carboxylic acid groups (broad SMARTS) is 1. The van der Waals surface area contributed by atoms with E-state index in [1.165, 1.54) is 16.7 Å². The number of aromatic nitrogens is 2. The SMILES string of the molecule is COc1ccc(CC2=C(C(=O)O)N3C(=O)C(=Cc4cn5c(n4)S(=O)(=O)CC5)[C@H]3S2)cc1. The molecular formula is C20H17N3O6S2. The van der Waals surface area contributed by atoms with Crippen LogP contribution in [-0.2, 0) is 32.4 Å². The lowest BCUT2D eigenvalue weighted by Gasteiger charge is -2.36. The van der Waals surface area contributed by atoms with Crippen LogP contribution in [0.4, 0.5) is 0 Å². The van der Waals surface area contributed by atoms with Gasteiger partial charge in [-0.25, -0.2) is 18.2 Å². The number of methoxy groups -OCH3 is 1. The van der Waals surface area contributed by atoms with Crippen LogP contribution in [0.25, 0.3) is 6.08 Å². The van der Waals surface area contributed by atoms with E-state index in [1.54, 1.807) is 36.1 Å². The quantitative estimate of drug-likeness (QED) is 0.528. The number of nitrogens with zero attached hydrogens (tertiary/aromatic N) is 3. The summed E-state index contributed by atoms with van der Waals surface area (Å²) in [5.41, 5.74) is 1.67. The van der Waals surface area contributed by atoms with E-state index in [2.05, 4.69) is 4.98 Å². The van der Waals surface area contributed by atoms with Gasteiger partial charge in [0.15, 0.2) is 0 Å². The number of carbonyl (C=O) groups excluding carboxylic acids is 1. The number of aryl methyl sites for hydroxylation is 1. The molecule has 5 rings (SSSR count). The standard InChI is InChI=1S/C20H17N3O6S2/c1-29-13-4-2-11(3-5-13)8-15-16(19(25)26)23-17(24)14(18(23)30-15)9-12-10-22-6-7-31(27,28)20(22)21-12/h2-5,9-10,18H,6-8H2,1H3,(H,25,26)/t18-/m1/s1. The number of fused-ring (bicyclic) bond motifs is 2. The number of hydrogen-bond acceptors (Lipinski definition) is 7. The summed E-state index contributed by atoms with van der Waals surface area (Å²) in [6, 6.07) is 7.31. The van der Waals surface area contributed by atoms with Crippen molar-refractivity contribution in [2.24, 2.45) is 0 Å². The molecule has 9 nitrogen and oxygen atoms in total. The molecule has 2 aromatic rings. The minimum Gasteiger partial charge on any atom is -0.497 e. The summed E-state index contributed by atoms with van der Waals surface area (Å²) < 4.78 is 30.7. The fourth-order valence-corrected chi connectivity index (χ4v) is 6.64. The molecule has 0 saturated carbocycles. The number of hydrogen-bond donors (Lipinski definition) is 1. The van der Waals surface area contributed by atoms with E-state index in [0.29, 0.717) is 34.9 Å². The molecule has 1 N–H and O–H groups in total. The maximum atomic E-state index is 12.7. The van der Waals surface area contributed by atoms with Crippen molar-refractivity contribution in [3.63, 3.8) is 0 Å². The summed E-state index contributed by atoms with van der Waals surface area (Å²) in [5, 5.41) is 9.26. The van der Waals surface area contributed by atoms with Crippen LogP contribution in [-0.4, -0.2) is 58.1 Å². The van der Waals surface area contributed by atoms with Gasteiger partial charge in [-0.2, -0.15) is 0 Å². The van der Waals surface area contributed by atoms with Crippen molar-refractivity contribution in [2.45, 2.75) is 23.5 Å². The summed E-state index contributed by atoms with van der Waals surface area (Å²) >= 11 is 1.31. The summed E-state index contributed by atoms with van der Waals surface area (Å²) in [4.78, 5) is 30.6. The molecule has 1 amide bonds. The summed E-state index contributed by atoms with van der Waals surface area (Å²) in [5.74, 6) is -0.833. The predicted octanol–water partition coefficient (Wildman–Crippen LogP) is 1.52. The first-order valence-corrected chi connectivity index (χ1v) is 11.9. The third-order valence-electron chi connectivity index (χ3n) is 5.39. The topological polar surface area (TPSA) is 119 Å². The van der Waals surface area contributed by atoms with Crippen molar-refractivity contribution in [1.29, 1.82) is 0 Å². The number of rotatable bonds is 5. The Kier molecular flexibility index (Phi) is 4.48. The van der Waals surface area contributed by atoms with Crippen molar-refractivity contribution in [2.75, 3.05) is 12.9 Å². The van der Waals surface area contributed by atoms with Gasteiger partial charge in [0.2, 0.25) is 15.0 Å². The highest BCUT2D eigenvalue weighted by Crippen LogP contribution is 2.50. The van der Waals surface area contributed by atoms with Crippen LogP contribution in [0.5, 0.6) is 5.75 Å². The fraction of sp³-hybridized carbons (Fsp3) is 0.250. The number of allylic oxidation sites excluding steroid dienone is 1. The van der Waals surface area contributed by atoms with E-state index in [9.17, 15) is 23.1 Å². The maximum Gasteiger partial charge on any atom is 0.353 e. The molecule has 160 valence electrons. The molecule has 31 heavy (non-hydrogen) atoms. The third-order valence-corrected chi connectivity index (χ3v) is 8.30. The lowest BCUT2D eigenvalue weighted by molar-refractivity contribution is -0.141. The number of thioether (sulfide) groups is 1. The summed E-state index contributed by atoms with van der Waals surface area (Å²) in [7, 11) is -1.81. The minimum atomic E-state index is -3.38. The zero-order valence-corrected chi connectivity index (χ0v) is 17.9. The van der Waals surface area contributed by atoms with Crippen LogP contribution < -0.4 is 4.74 Å². The smallest absolute Gasteiger partial charge is 0.353 e. The van der Waals surface area contributed by atoms with Crippen molar-refractivity contribution in [3.05, 3.63) is 57.9 Å². The Bertz CT molecular complexity index is 1290. The van der Waals surface area contributed by atoms with Crippen LogP contribution in [0, 0.1) is 0 Å². The molecule has 0 radical (unpaired) electrons. The first kappa shape index (κ1) is 19.9. The molecule has 11 heteroatoms. The van der Waals surface area contributed by atoms with Crippen LogP contribution in [0.1, 0.15) is 11.3 Å². The van der Waals surface area contributed by atoms with Gasteiger partial charge >= 0.3 is 5.97 Å². The van der Waals surface area contributed by atoms with Gasteiger partial charge in [-0.15, -0.1) is 0 Å². The van der Waals surface area contributed by atoms with Crippen LogP contribution in [0.15, 0.2) is 51.8 Å². The molecule has 0 spiro atoms. The predicted molar refractivity (Wildman–Crippen MR) is 112 cm³/mol. The van der Waals surface area contributed by atoms with Gasteiger partial charge in [0, 0.05) is 24.1 Å². The highest BCUT2D eigenvalue weighted by Gasteiger charge is 2.52. The fourth-order valence-electron chi connectivity index (χ4n) is 3.86. The van der Waals surface area contributed by atoms with Crippen LogP contribution in [0.3, 0.4) is 0 Å². The molecule has 3 aliphatic rings. The minimum absolute atomic E-state index is 0.00611. The number of carbonyl (C=O) groups is 2. The average molecular weight is 460 g/mol. The lowest BCUT2D eigenvalue weighted by atomic mass is 10.0. The van der Waals surface area contributed by atoms with Gasteiger partial charge in [-0.3, -0.25) is 9.69 Å². The second kappa shape index (κ2) is 6.99. The van der Waals surface area contributed by atoms with Gasteiger partial charge in [0.05, 0.1) is 24.1 Å². The molecule has 3 aliphatic heterocycles. The Morgan fingerprint density at radius 3 is 2.74 bits per heavy atom. The van der Waals surface area contributed by atoms with Crippen LogP contribution >= 0.6 is 11.8 Å². The number of aliphatic carboxylic acids is 1. The Morgan fingerprint density at radius 2 is 2.10 bits per heavy atom. The number of sulfone groups is 1. The van der Waals surface area contributed by atoms with Crippen molar-refractivity contribution in [1.82, 2.24) is 14.5 Å². The first-order chi connectivity index (χ1) is 14.8. The van der Waals surface area contributed by atoms with Crippen molar-refractivity contribution < 1.29 is 27.9 Å². The van der Waals surface area contributed by atoms with E-state index < -0.39 is 27.1 Å². The molecule has 1 aromatic heterocycles. The monoisotopic (exact) mass is 459 g/mol. The highest BCUT2D eigenvalue weighted by atomic mass is 32.2. The third kappa shape index (κ3) is 3.15.